The average Bonchev–Trinajstić information content (AvgIpc) is 2.09. The lowest BCUT2D eigenvalue weighted by atomic mass is 10.0. The van der Waals surface area contributed by atoms with Gasteiger partial charge in [0.05, 0.1) is 5.75 Å². The molecule has 13 heavy (non-hydrogen) atoms. The van der Waals surface area contributed by atoms with Crippen LogP contribution in [-0.4, -0.2) is 5.75 Å². The summed E-state index contributed by atoms with van der Waals surface area (Å²) in [5.74, 6) is 6.69. The quantitative estimate of drug-likeness (QED) is 0.472. The first kappa shape index (κ1) is 10.2. The Bertz CT molecular complexity index is 367. The van der Waals surface area contributed by atoms with E-state index in [1.807, 2.05) is 0 Å². The molecule has 0 aromatic heterocycles. The van der Waals surface area contributed by atoms with Gasteiger partial charge in [-0.3, -0.25) is 0 Å². The Balaban J connectivity index is 3.16. The second-order valence-electron chi connectivity index (χ2n) is 3.21. The van der Waals surface area contributed by atoms with E-state index in [0.29, 0.717) is 5.75 Å². The maximum atomic E-state index is 4.06. The molecule has 1 aromatic carbocycles. The number of hydrogen-bond donors (Lipinski definition) is 1. The van der Waals surface area contributed by atoms with Gasteiger partial charge in [-0.15, -0.1) is 0 Å². The van der Waals surface area contributed by atoms with Crippen molar-refractivity contribution in [1.82, 2.24) is 0 Å². The van der Waals surface area contributed by atoms with Gasteiger partial charge in [0.15, 0.2) is 0 Å². The van der Waals surface area contributed by atoms with Gasteiger partial charge < -0.3 is 0 Å². The van der Waals surface area contributed by atoms with Crippen molar-refractivity contribution in [3.8, 4) is 11.8 Å². The fraction of sp³-hybridized carbons (Fsp3) is 0.333. The number of thiol groups is 1. The van der Waals surface area contributed by atoms with Crippen LogP contribution in [0.3, 0.4) is 0 Å². The van der Waals surface area contributed by atoms with Crippen LogP contribution < -0.4 is 0 Å². The highest BCUT2D eigenvalue weighted by Crippen LogP contribution is 2.13. The van der Waals surface area contributed by atoms with Gasteiger partial charge in [0, 0.05) is 5.56 Å². The van der Waals surface area contributed by atoms with Gasteiger partial charge in [-0.25, -0.2) is 0 Å². The molecular weight excluding hydrogens is 176 g/mol. The smallest absolute Gasteiger partial charge is 0.0521 e. The highest BCUT2D eigenvalue weighted by Gasteiger charge is 1.98. The molecular formula is C12H14S. The first-order valence-corrected chi connectivity index (χ1v) is 4.96. The Morgan fingerprint density at radius 2 is 1.69 bits per heavy atom. The maximum Gasteiger partial charge on any atom is 0.0521 e. The number of hydrogen-bond acceptors (Lipinski definition) is 1. The van der Waals surface area contributed by atoms with Gasteiger partial charge in [0.25, 0.3) is 0 Å². The van der Waals surface area contributed by atoms with Gasteiger partial charge in [-0.2, -0.15) is 12.6 Å². The molecule has 0 aliphatic carbocycles. The van der Waals surface area contributed by atoms with Crippen LogP contribution in [0, 0.1) is 32.6 Å². The monoisotopic (exact) mass is 190 g/mol. The maximum absolute atomic E-state index is 4.06. The normalized spacial score (nSPS) is 9.23. The summed E-state index contributed by atoms with van der Waals surface area (Å²) in [5.41, 5.74) is 5.00. The van der Waals surface area contributed by atoms with E-state index in [0.717, 1.165) is 5.56 Å². The van der Waals surface area contributed by atoms with Crippen LogP contribution in [0.1, 0.15) is 22.3 Å². The van der Waals surface area contributed by atoms with Crippen molar-refractivity contribution in [3.05, 3.63) is 34.4 Å². The van der Waals surface area contributed by atoms with E-state index in [2.05, 4.69) is 57.4 Å². The summed E-state index contributed by atoms with van der Waals surface area (Å²) >= 11 is 4.06. The highest BCUT2D eigenvalue weighted by molar-refractivity contribution is 7.80. The van der Waals surface area contributed by atoms with Crippen LogP contribution in [0.2, 0.25) is 0 Å². The molecule has 0 aliphatic heterocycles. The minimum absolute atomic E-state index is 0.617. The van der Waals surface area contributed by atoms with Crippen LogP contribution in [0.25, 0.3) is 0 Å². The molecule has 0 saturated carbocycles. The molecule has 1 heteroatoms. The fourth-order valence-electron chi connectivity index (χ4n) is 1.23. The van der Waals surface area contributed by atoms with Crippen LogP contribution in [0.15, 0.2) is 12.1 Å². The van der Waals surface area contributed by atoms with Crippen molar-refractivity contribution in [3.63, 3.8) is 0 Å². The van der Waals surface area contributed by atoms with Crippen molar-refractivity contribution in [2.24, 2.45) is 0 Å². The van der Waals surface area contributed by atoms with Gasteiger partial charge in [0.1, 0.15) is 0 Å². The van der Waals surface area contributed by atoms with E-state index in [1.54, 1.807) is 0 Å². The molecule has 0 fully saturated rings. The summed E-state index contributed by atoms with van der Waals surface area (Å²) in [6.07, 6.45) is 0. The Hall–Kier alpha value is -0.870. The van der Waals surface area contributed by atoms with E-state index in [1.165, 1.54) is 16.7 Å². The van der Waals surface area contributed by atoms with Gasteiger partial charge in [0.2, 0.25) is 0 Å². The van der Waals surface area contributed by atoms with Crippen molar-refractivity contribution in [2.75, 3.05) is 5.75 Å². The first-order valence-electron chi connectivity index (χ1n) is 4.32. The summed E-state index contributed by atoms with van der Waals surface area (Å²) in [6, 6.07) is 4.32. The van der Waals surface area contributed by atoms with Crippen molar-refractivity contribution in [2.45, 2.75) is 20.8 Å². The second-order valence-corrected chi connectivity index (χ2v) is 3.53. The van der Waals surface area contributed by atoms with Gasteiger partial charge in [-0.1, -0.05) is 17.9 Å². The fourth-order valence-corrected chi connectivity index (χ4v) is 1.31. The Labute approximate surface area is 85.8 Å². The molecule has 68 valence electrons. The number of aryl methyl sites for hydroxylation is 3. The van der Waals surface area contributed by atoms with E-state index in [-0.39, 0.29) is 0 Å². The van der Waals surface area contributed by atoms with Gasteiger partial charge in [-0.05, 0) is 43.5 Å². The molecule has 0 N–H and O–H groups in total. The van der Waals surface area contributed by atoms with Crippen LogP contribution in [-0.2, 0) is 0 Å². The van der Waals surface area contributed by atoms with Crippen LogP contribution in [0.5, 0.6) is 0 Å². The Morgan fingerprint density at radius 1 is 1.08 bits per heavy atom. The van der Waals surface area contributed by atoms with E-state index in [4.69, 9.17) is 0 Å². The predicted octanol–water partition coefficient (Wildman–Crippen LogP) is 2.89. The standard InChI is InChI=1S/C12H14S/c1-9-7-11(3)12(5-4-6-13)8-10(9)2/h7-8,13H,6H2,1-3H3. The zero-order valence-electron chi connectivity index (χ0n) is 8.31. The van der Waals surface area contributed by atoms with E-state index in [9.17, 15) is 0 Å². The lowest BCUT2D eigenvalue weighted by molar-refractivity contribution is 1.28. The topological polar surface area (TPSA) is 0 Å². The predicted molar refractivity (Wildman–Crippen MR) is 61.4 cm³/mol. The minimum Gasteiger partial charge on any atom is -0.166 e. The van der Waals surface area contributed by atoms with E-state index < -0.39 is 0 Å². The molecule has 0 nitrogen and oxygen atoms in total. The lowest BCUT2D eigenvalue weighted by Gasteiger charge is -2.03. The zero-order chi connectivity index (χ0) is 9.84. The number of benzene rings is 1. The third-order valence-corrected chi connectivity index (χ3v) is 2.30. The molecule has 0 aliphatic rings. The van der Waals surface area contributed by atoms with Gasteiger partial charge >= 0.3 is 0 Å². The minimum atomic E-state index is 0.617. The number of rotatable bonds is 0. The molecule has 0 amide bonds. The van der Waals surface area contributed by atoms with E-state index >= 15 is 0 Å². The summed E-state index contributed by atoms with van der Waals surface area (Å²) in [6.45, 7) is 6.33. The molecule has 0 unspecified atom stereocenters. The molecule has 0 heterocycles. The largest absolute Gasteiger partial charge is 0.166 e. The molecule has 0 bridgehead atoms. The third-order valence-electron chi connectivity index (χ3n) is 2.14. The summed E-state index contributed by atoms with van der Waals surface area (Å²) in [4.78, 5) is 0. The Kier molecular flexibility index (Phi) is 3.45. The molecule has 1 aromatic rings. The third kappa shape index (κ3) is 2.54. The highest BCUT2D eigenvalue weighted by atomic mass is 32.1. The van der Waals surface area contributed by atoms with Crippen LogP contribution in [0.4, 0.5) is 0 Å². The van der Waals surface area contributed by atoms with Crippen molar-refractivity contribution < 1.29 is 0 Å². The second kappa shape index (κ2) is 4.39. The average molecular weight is 190 g/mol. The summed E-state index contributed by atoms with van der Waals surface area (Å²) in [5, 5.41) is 0. The first-order chi connectivity index (χ1) is 6.15. The molecule has 0 radical (unpaired) electrons. The summed E-state index contributed by atoms with van der Waals surface area (Å²) in [7, 11) is 0. The van der Waals surface area contributed by atoms with Crippen LogP contribution >= 0.6 is 12.6 Å². The Morgan fingerprint density at radius 3 is 2.31 bits per heavy atom. The molecule has 0 saturated heterocycles. The SMILES string of the molecule is Cc1cc(C)c(C#CCS)cc1C. The van der Waals surface area contributed by atoms with Crippen molar-refractivity contribution >= 4 is 12.6 Å². The zero-order valence-corrected chi connectivity index (χ0v) is 9.20. The lowest BCUT2D eigenvalue weighted by Crippen LogP contribution is -1.88. The molecule has 1 rings (SSSR count). The molecule has 0 spiro atoms. The summed E-state index contributed by atoms with van der Waals surface area (Å²) < 4.78 is 0. The van der Waals surface area contributed by atoms with Crippen molar-refractivity contribution in [1.29, 1.82) is 0 Å². The molecule has 0 atom stereocenters.